The van der Waals surface area contributed by atoms with Crippen molar-refractivity contribution in [3.05, 3.63) is 35.4 Å². The van der Waals surface area contributed by atoms with E-state index in [-0.39, 0.29) is 5.41 Å². The van der Waals surface area contributed by atoms with Crippen LogP contribution >= 0.6 is 0 Å². The first-order chi connectivity index (χ1) is 7.33. The van der Waals surface area contributed by atoms with Crippen LogP contribution in [-0.4, -0.2) is 36.6 Å². The average molecular weight is 221 g/mol. The van der Waals surface area contributed by atoms with Gasteiger partial charge in [-0.3, -0.25) is 0 Å². The molecule has 0 amide bonds. The summed E-state index contributed by atoms with van der Waals surface area (Å²) in [5.41, 5.74) is 1.52. The van der Waals surface area contributed by atoms with Crippen molar-refractivity contribution in [1.82, 2.24) is 4.90 Å². The van der Waals surface area contributed by atoms with E-state index >= 15 is 0 Å². The van der Waals surface area contributed by atoms with Crippen LogP contribution in [0.15, 0.2) is 24.3 Å². The van der Waals surface area contributed by atoms with Crippen molar-refractivity contribution in [2.75, 3.05) is 20.6 Å². The molecule has 16 heavy (non-hydrogen) atoms. The SMILES string of the molecule is CN(C)CC(C)(C)c1ccc(C(=O)O)cc1. The number of carboxylic acids is 1. The Kier molecular flexibility index (Phi) is 3.70. The lowest BCUT2D eigenvalue weighted by molar-refractivity contribution is 0.0697. The summed E-state index contributed by atoms with van der Waals surface area (Å²) in [6.45, 7) is 5.24. The average Bonchev–Trinajstić information content (AvgIpc) is 2.16. The molecule has 0 saturated carbocycles. The Labute approximate surface area is 96.7 Å². The van der Waals surface area contributed by atoms with E-state index < -0.39 is 5.97 Å². The molecule has 0 aliphatic carbocycles. The third-order valence-corrected chi connectivity index (χ3v) is 2.62. The number of benzene rings is 1. The molecular formula is C13H19NO2. The van der Waals surface area contributed by atoms with Gasteiger partial charge in [0.05, 0.1) is 5.56 Å². The van der Waals surface area contributed by atoms with Crippen LogP contribution in [0.2, 0.25) is 0 Å². The minimum atomic E-state index is -0.878. The van der Waals surface area contributed by atoms with Crippen LogP contribution in [-0.2, 0) is 5.41 Å². The number of hydrogen-bond acceptors (Lipinski definition) is 2. The number of aromatic carboxylic acids is 1. The minimum Gasteiger partial charge on any atom is -0.478 e. The van der Waals surface area contributed by atoms with Crippen molar-refractivity contribution in [2.45, 2.75) is 19.3 Å². The fourth-order valence-corrected chi connectivity index (χ4v) is 1.95. The van der Waals surface area contributed by atoms with E-state index in [2.05, 4.69) is 18.7 Å². The molecule has 0 aromatic heterocycles. The Morgan fingerprint density at radius 3 is 2.12 bits per heavy atom. The van der Waals surface area contributed by atoms with Gasteiger partial charge in [-0.1, -0.05) is 26.0 Å². The molecule has 0 fully saturated rings. The van der Waals surface area contributed by atoms with E-state index in [1.807, 2.05) is 26.2 Å². The van der Waals surface area contributed by atoms with E-state index in [1.165, 1.54) is 0 Å². The van der Waals surface area contributed by atoms with Crippen LogP contribution in [0.1, 0.15) is 29.8 Å². The lowest BCUT2D eigenvalue weighted by Crippen LogP contribution is -2.32. The van der Waals surface area contributed by atoms with Gasteiger partial charge in [0.25, 0.3) is 0 Å². The van der Waals surface area contributed by atoms with Crippen molar-refractivity contribution >= 4 is 5.97 Å². The van der Waals surface area contributed by atoms with Crippen LogP contribution in [0, 0.1) is 0 Å². The number of likely N-dealkylation sites (N-methyl/N-ethyl adjacent to an activating group) is 1. The standard InChI is InChI=1S/C13H19NO2/c1-13(2,9-14(3)4)11-7-5-10(6-8-11)12(15)16/h5-8H,9H2,1-4H3,(H,15,16). The molecule has 1 N–H and O–H groups in total. The van der Waals surface area contributed by atoms with Crippen LogP contribution in [0.4, 0.5) is 0 Å². The summed E-state index contributed by atoms with van der Waals surface area (Å²) in [5, 5.41) is 8.82. The molecule has 0 aliphatic rings. The molecule has 1 rings (SSSR count). The van der Waals surface area contributed by atoms with E-state index in [0.717, 1.165) is 12.1 Å². The van der Waals surface area contributed by atoms with Gasteiger partial charge in [0.15, 0.2) is 0 Å². The van der Waals surface area contributed by atoms with Crippen molar-refractivity contribution in [2.24, 2.45) is 0 Å². The van der Waals surface area contributed by atoms with Crippen molar-refractivity contribution < 1.29 is 9.90 Å². The second kappa shape index (κ2) is 4.66. The van der Waals surface area contributed by atoms with Gasteiger partial charge in [-0.05, 0) is 31.8 Å². The highest BCUT2D eigenvalue weighted by Gasteiger charge is 2.21. The first kappa shape index (κ1) is 12.7. The Morgan fingerprint density at radius 2 is 1.75 bits per heavy atom. The minimum absolute atomic E-state index is 0.0283. The van der Waals surface area contributed by atoms with Crippen LogP contribution in [0.3, 0.4) is 0 Å². The smallest absolute Gasteiger partial charge is 0.335 e. The Balaban J connectivity index is 2.92. The fraction of sp³-hybridized carbons (Fsp3) is 0.462. The Morgan fingerprint density at radius 1 is 1.25 bits per heavy atom. The molecule has 88 valence electrons. The number of hydrogen-bond donors (Lipinski definition) is 1. The zero-order valence-corrected chi connectivity index (χ0v) is 10.3. The molecule has 3 heteroatoms. The normalized spacial score (nSPS) is 11.8. The van der Waals surface area contributed by atoms with Gasteiger partial charge in [0.1, 0.15) is 0 Å². The molecule has 1 aromatic carbocycles. The van der Waals surface area contributed by atoms with Gasteiger partial charge in [0.2, 0.25) is 0 Å². The van der Waals surface area contributed by atoms with E-state index in [1.54, 1.807) is 12.1 Å². The predicted molar refractivity (Wildman–Crippen MR) is 65.0 cm³/mol. The van der Waals surface area contributed by atoms with Gasteiger partial charge in [-0.25, -0.2) is 4.79 Å². The molecule has 0 atom stereocenters. The van der Waals surface area contributed by atoms with Crippen molar-refractivity contribution in [3.63, 3.8) is 0 Å². The highest BCUT2D eigenvalue weighted by molar-refractivity contribution is 5.87. The summed E-state index contributed by atoms with van der Waals surface area (Å²) in [4.78, 5) is 12.9. The second-order valence-corrected chi connectivity index (χ2v) is 5.00. The summed E-state index contributed by atoms with van der Waals surface area (Å²) >= 11 is 0. The highest BCUT2D eigenvalue weighted by Crippen LogP contribution is 2.24. The second-order valence-electron chi connectivity index (χ2n) is 5.00. The van der Waals surface area contributed by atoms with Gasteiger partial charge in [-0.2, -0.15) is 0 Å². The molecule has 3 nitrogen and oxygen atoms in total. The van der Waals surface area contributed by atoms with Crippen LogP contribution in [0.5, 0.6) is 0 Å². The molecule has 0 radical (unpaired) electrons. The summed E-state index contributed by atoms with van der Waals surface area (Å²) in [5.74, 6) is -0.878. The maximum Gasteiger partial charge on any atom is 0.335 e. The Hall–Kier alpha value is -1.35. The Bertz CT molecular complexity index is 366. The van der Waals surface area contributed by atoms with Gasteiger partial charge in [0, 0.05) is 12.0 Å². The lowest BCUT2D eigenvalue weighted by Gasteiger charge is -2.28. The topological polar surface area (TPSA) is 40.5 Å². The summed E-state index contributed by atoms with van der Waals surface area (Å²) in [6, 6.07) is 7.12. The molecule has 0 aliphatic heterocycles. The van der Waals surface area contributed by atoms with Crippen molar-refractivity contribution in [3.8, 4) is 0 Å². The van der Waals surface area contributed by atoms with E-state index in [0.29, 0.717) is 5.56 Å². The van der Waals surface area contributed by atoms with E-state index in [9.17, 15) is 4.79 Å². The third-order valence-electron chi connectivity index (χ3n) is 2.62. The maximum atomic E-state index is 10.7. The van der Waals surface area contributed by atoms with Crippen LogP contribution in [0.25, 0.3) is 0 Å². The molecule has 0 heterocycles. The molecule has 0 saturated heterocycles. The first-order valence-electron chi connectivity index (χ1n) is 5.31. The van der Waals surface area contributed by atoms with Gasteiger partial charge < -0.3 is 10.0 Å². The fourth-order valence-electron chi connectivity index (χ4n) is 1.95. The summed E-state index contributed by atoms with van der Waals surface area (Å²) in [6.07, 6.45) is 0. The quantitative estimate of drug-likeness (QED) is 0.847. The van der Waals surface area contributed by atoms with Gasteiger partial charge in [-0.15, -0.1) is 0 Å². The third kappa shape index (κ3) is 3.07. The summed E-state index contributed by atoms with van der Waals surface area (Å²) < 4.78 is 0. The largest absolute Gasteiger partial charge is 0.478 e. The van der Waals surface area contributed by atoms with Crippen LogP contribution < -0.4 is 0 Å². The first-order valence-corrected chi connectivity index (χ1v) is 5.31. The molecule has 0 bridgehead atoms. The predicted octanol–water partition coefficient (Wildman–Crippen LogP) is 2.22. The number of rotatable bonds is 4. The zero-order chi connectivity index (χ0) is 12.3. The molecule has 0 spiro atoms. The van der Waals surface area contributed by atoms with Crippen molar-refractivity contribution in [1.29, 1.82) is 0 Å². The molecule has 0 unspecified atom stereocenters. The number of carbonyl (C=O) groups is 1. The maximum absolute atomic E-state index is 10.7. The number of nitrogens with zero attached hydrogens (tertiary/aromatic N) is 1. The highest BCUT2D eigenvalue weighted by atomic mass is 16.4. The monoisotopic (exact) mass is 221 g/mol. The van der Waals surface area contributed by atoms with Gasteiger partial charge >= 0.3 is 5.97 Å². The summed E-state index contributed by atoms with van der Waals surface area (Å²) in [7, 11) is 4.07. The molecular weight excluding hydrogens is 202 g/mol. The zero-order valence-electron chi connectivity index (χ0n) is 10.3. The van der Waals surface area contributed by atoms with E-state index in [4.69, 9.17) is 5.11 Å². The number of carboxylic acid groups (broad SMARTS) is 1. The lowest BCUT2D eigenvalue weighted by atomic mass is 9.84. The molecule has 1 aromatic rings.